The number of halogens is 2. The monoisotopic (exact) mass is 523 g/mol. The van der Waals surface area contributed by atoms with Crippen LogP contribution in [0.5, 0.6) is 11.5 Å². The van der Waals surface area contributed by atoms with Crippen LogP contribution in [0.25, 0.3) is 6.08 Å². The van der Waals surface area contributed by atoms with E-state index in [1.807, 2.05) is 6.92 Å². The maximum Gasteiger partial charge on any atom is 0.294 e. The Labute approximate surface area is 209 Å². The fourth-order valence-electron chi connectivity index (χ4n) is 2.91. The van der Waals surface area contributed by atoms with Crippen LogP contribution in [0.2, 0.25) is 10.0 Å². The molecule has 0 radical (unpaired) electrons. The van der Waals surface area contributed by atoms with Gasteiger partial charge in [-0.1, -0.05) is 29.3 Å². The van der Waals surface area contributed by atoms with Gasteiger partial charge in [0, 0.05) is 10.7 Å². The first-order valence-electron chi connectivity index (χ1n) is 9.69. The van der Waals surface area contributed by atoms with Crippen LogP contribution < -0.4 is 20.5 Å². The van der Waals surface area contributed by atoms with Crippen LogP contribution in [0.3, 0.4) is 0 Å². The summed E-state index contributed by atoms with van der Waals surface area (Å²) < 4.78 is 10.9. The summed E-state index contributed by atoms with van der Waals surface area (Å²) in [5.74, 6) is -1.55. The topological polar surface area (TPSA) is 128 Å². The first-order chi connectivity index (χ1) is 16.1. The van der Waals surface area contributed by atoms with Crippen LogP contribution in [-0.2, 0) is 14.4 Å². The molecule has 12 heteroatoms. The van der Waals surface area contributed by atoms with Crippen LogP contribution in [0.1, 0.15) is 11.1 Å². The molecule has 1 aliphatic rings. The molecule has 0 aliphatic carbocycles. The minimum absolute atomic E-state index is 0.0918. The fraction of sp³-hybridized carbons (Fsp3) is 0.182. The summed E-state index contributed by atoms with van der Waals surface area (Å²) in [6, 6.07) is 8.13. The number of nitrogens with zero attached hydrogens (tertiary/aromatic N) is 1. The molecule has 2 aromatic carbocycles. The van der Waals surface area contributed by atoms with Gasteiger partial charge in [0.05, 0.1) is 17.0 Å². The van der Waals surface area contributed by atoms with Gasteiger partial charge in [-0.3, -0.25) is 24.1 Å². The number of rotatable bonds is 8. The summed E-state index contributed by atoms with van der Waals surface area (Å²) in [7, 11) is 1.39. The summed E-state index contributed by atoms with van der Waals surface area (Å²) in [5, 5.41) is 2.71. The Morgan fingerprint density at radius 2 is 1.91 bits per heavy atom. The van der Waals surface area contributed by atoms with Crippen molar-refractivity contribution < 1.29 is 28.7 Å². The average Bonchev–Trinajstić information content (AvgIpc) is 3.02. The molecule has 1 fully saturated rings. The second-order valence-corrected chi connectivity index (χ2v) is 8.88. The van der Waals surface area contributed by atoms with Crippen molar-refractivity contribution in [2.75, 3.05) is 25.6 Å². The van der Waals surface area contributed by atoms with E-state index in [-0.39, 0.29) is 28.0 Å². The molecular formula is C22H19Cl2N3O6S. The smallest absolute Gasteiger partial charge is 0.294 e. The van der Waals surface area contributed by atoms with E-state index in [0.717, 1.165) is 10.5 Å². The van der Waals surface area contributed by atoms with Crippen molar-refractivity contribution in [3.05, 3.63) is 56.4 Å². The Morgan fingerprint density at radius 3 is 2.56 bits per heavy atom. The zero-order valence-electron chi connectivity index (χ0n) is 18.0. The highest BCUT2D eigenvalue weighted by Gasteiger charge is 2.35. The van der Waals surface area contributed by atoms with E-state index in [9.17, 15) is 19.2 Å². The minimum Gasteiger partial charge on any atom is -0.493 e. The largest absolute Gasteiger partial charge is 0.493 e. The van der Waals surface area contributed by atoms with Gasteiger partial charge < -0.3 is 20.5 Å². The van der Waals surface area contributed by atoms with E-state index in [1.54, 1.807) is 18.2 Å². The Morgan fingerprint density at radius 1 is 1.18 bits per heavy atom. The number of benzene rings is 2. The molecule has 0 bridgehead atoms. The number of ether oxygens (including phenoxy) is 2. The van der Waals surface area contributed by atoms with Gasteiger partial charge in [0.1, 0.15) is 6.54 Å². The lowest BCUT2D eigenvalue weighted by atomic mass is 10.1. The highest BCUT2D eigenvalue weighted by atomic mass is 35.5. The van der Waals surface area contributed by atoms with Gasteiger partial charge in [-0.25, -0.2) is 0 Å². The normalized spacial score (nSPS) is 14.5. The van der Waals surface area contributed by atoms with Crippen molar-refractivity contribution in [1.29, 1.82) is 0 Å². The number of hydrogen-bond donors (Lipinski definition) is 2. The summed E-state index contributed by atoms with van der Waals surface area (Å²) in [6.45, 7) is 0.990. The van der Waals surface area contributed by atoms with Crippen LogP contribution in [-0.4, -0.2) is 48.1 Å². The van der Waals surface area contributed by atoms with Gasteiger partial charge in [-0.05, 0) is 60.2 Å². The second kappa shape index (κ2) is 10.8. The fourth-order valence-corrected chi connectivity index (χ4v) is 4.20. The summed E-state index contributed by atoms with van der Waals surface area (Å²) in [6.07, 6.45) is 1.43. The predicted octanol–water partition coefficient (Wildman–Crippen LogP) is 3.85. The van der Waals surface area contributed by atoms with Crippen molar-refractivity contribution in [3.8, 4) is 11.5 Å². The van der Waals surface area contributed by atoms with Crippen molar-refractivity contribution >= 4 is 69.7 Å². The van der Waals surface area contributed by atoms with E-state index >= 15 is 0 Å². The quantitative estimate of drug-likeness (QED) is 0.502. The number of carbonyl (C=O) groups excluding carboxylic acids is 4. The number of primary amides is 1. The van der Waals surface area contributed by atoms with Gasteiger partial charge >= 0.3 is 0 Å². The molecule has 3 N–H and O–H groups in total. The lowest BCUT2D eigenvalue weighted by Crippen LogP contribution is -2.36. The Hall–Kier alpha value is -3.21. The Balaban J connectivity index is 1.73. The predicted molar refractivity (Wildman–Crippen MR) is 130 cm³/mol. The van der Waals surface area contributed by atoms with Gasteiger partial charge in [0.2, 0.25) is 5.91 Å². The molecule has 178 valence electrons. The van der Waals surface area contributed by atoms with Gasteiger partial charge in [0.15, 0.2) is 18.1 Å². The first kappa shape index (κ1) is 25.4. The SMILES string of the molecule is COc1cc(/C=C2\SC(=O)N(CC(N)=O)C2=O)cc(Cl)c1OCC(=O)Nc1ccc(C)c(Cl)c1. The molecule has 0 saturated carbocycles. The number of nitrogens with one attached hydrogen (secondary N) is 1. The van der Waals surface area contributed by atoms with Gasteiger partial charge in [-0.2, -0.15) is 0 Å². The maximum atomic E-state index is 12.4. The molecule has 0 spiro atoms. The van der Waals surface area contributed by atoms with E-state index in [0.29, 0.717) is 28.0 Å². The highest BCUT2D eigenvalue weighted by Crippen LogP contribution is 2.39. The molecule has 1 saturated heterocycles. The number of imide groups is 1. The minimum atomic E-state index is -0.802. The van der Waals surface area contributed by atoms with Crippen LogP contribution >= 0.6 is 35.0 Å². The van der Waals surface area contributed by atoms with Gasteiger partial charge in [-0.15, -0.1) is 0 Å². The third kappa shape index (κ3) is 6.02. The highest BCUT2D eigenvalue weighted by molar-refractivity contribution is 8.18. The third-order valence-electron chi connectivity index (χ3n) is 4.54. The lowest BCUT2D eigenvalue weighted by molar-refractivity contribution is -0.127. The van der Waals surface area contributed by atoms with E-state index in [4.69, 9.17) is 38.4 Å². The third-order valence-corrected chi connectivity index (χ3v) is 6.14. The Kier molecular flexibility index (Phi) is 8.08. The zero-order chi connectivity index (χ0) is 25.0. The number of methoxy groups -OCH3 is 1. The first-order valence-corrected chi connectivity index (χ1v) is 11.3. The van der Waals surface area contributed by atoms with Crippen molar-refractivity contribution in [2.24, 2.45) is 5.73 Å². The number of thioether (sulfide) groups is 1. The molecule has 2 aromatic rings. The number of aryl methyl sites for hydroxylation is 1. The van der Waals surface area contributed by atoms with E-state index in [1.165, 1.54) is 25.3 Å². The summed E-state index contributed by atoms with van der Waals surface area (Å²) in [4.78, 5) is 48.6. The van der Waals surface area contributed by atoms with Crippen LogP contribution in [0.15, 0.2) is 35.2 Å². The van der Waals surface area contributed by atoms with E-state index in [2.05, 4.69) is 5.32 Å². The lowest BCUT2D eigenvalue weighted by Gasteiger charge is -2.14. The number of hydrogen-bond acceptors (Lipinski definition) is 7. The molecule has 4 amide bonds. The zero-order valence-corrected chi connectivity index (χ0v) is 20.3. The molecule has 34 heavy (non-hydrogen) atoms. The standard InChI is InChI=1S/C22H19Cl2N3O6S/c1-11-3-4-13(8-14(11)23)26-19(29)10-33-20-15(24)5-12(6-16(20)32-2)7-17-21(30)27(9-18(25)28)22(31)34-17/h3-8H,9-10H2,1-2H3,(H2,25,28)(H,26,29)/b17-7-. The number of anilines is 1. The molecule has 9 nitrogen and oxygen atoms in total. The van der Waals surface area contributed by atoms with E-state index < -0.39 is 29.5 Å². The number of amides is 4. The molecule has 1 heterocycles. The molecule has 0 unspecified atom stereocenters. The second-order valence-electron chi connectivity index (χ2n) is 7.07. The molecule has 1 aliphatic heterocycles. The maximum absolute atomic E-state index is 12.4. The van der Waals surface area contributed by atoms with Crippen molar-refractivity contribution in [2.45, 2.75) is 6.92 Å². The summed E-state index contributed by atoms with van der Waals surface area (Å²) >= 11 is 13.1. The number of carbonyl (C=O) groups is 4. The molecule has 3 rings (SSSR count). The van der Waals surface area contributed by atoms with Crippen LogP contribution in [0.4, 0.5) is 10.5 Å². The molecular weight excluding hydrogens is 505 g/mol. The molecule has 0 atom stereocenters. The number of nitrogens with two attached hydrogens (primary N) is 1. The van der Waals surface area contributed by atoms with Crippen molar-refractivity contribution in [1.82, 2.24) is 4.90 Å². The molecule has 0 aromatic heterocycles. The average molecular weight is 524 g/mol. The van der Waals surface area contributed by atoms with Gasteiger partial charge in [0.25, 0.3) is 17.1 Å². The Bertz CT molecular complexity index is 1220. The summed E-state index contributed by atoms with van der Waals surface area (Å²) in [5.41, 5.74) is 6.92. The van der Waals surface area contributed by atoms with Crippen LogP contribution in [0, 0.1) is 6.92 Å². The van der Waals surface area contributed by atoms with Crippen molar-refractivity contribution in [3.63, 3.8) is 0 Å².